The molecular weight excluding hydrogens is 390 g/mol. The number of hydrogen-bond donors (Lipinski definition) is 2. The van der Waals surface area contributed by atoms with Crippen LogP contribution < -0.4 is 19.7 Å². The molecule has 0 radical (unpaired) electrons. The van der Waals surface area contributed by atoms with Gasteiger partial charge in [0.2, 0.25) is 0 Å². The molecule has 0 amide bonds. The lowest BCUT2D eigenvalue weighted by Gasteiger charge is -2.36. The molecule has 6 nitrogen and oxygen atoms in total. The summed E-state index contributed by atoms with van der Waals surface area (Å²) in [7, 11) is 1.73. The predicted octanol–water partition coefficient (Wildman–Crippen LogP) is 2.80. The Labute approximate surface area is 186 Å². The fourth-order valence-corrected chi connectivity index (χ4v) is 3.77. The van der Waals surface area contributed by atoms with Crippen molar-refractivity contribution < 1.29 is 14.6 Å². The van der Waals surface area contributed by atoms with E-state index in [1.54, 1.807) is 7.11 Å². The van der Waals surface area contributed by atoms with E-state index in [-0.39, 0.29) is 0 Å². The number of anilines is 1. The molecular formula is C25H37N3O3. The first-order chi connectivity index (χ1) is 15.0. The lowest BCUT2D eigenvalue weighted by Crippen LogP contribution is -2.47. The lowest BCUT2D eigenvalue weighted by atomic mass is 10.1. The van der Waals surface area contributed by atoms with E-state index in [1.165, 1.54) is 11.3 Å². The molecule has 2 aromatic rings. The number of aliphatic hydroxyl groups is 1. The van der Waals surface area contributed by atoms with Crippen molar-refractivity contribution in [1.82, 2.24) is 10.2 Å². The molecule has 0 saturated carbocycles. The largest absolute Gasteiger partial charge is 0.495 e. The maximum atomic E-state index is 9.96. The van der Waals surface area contributed by atoms with Crippen LogP contribution in [0.3, 0.4) is 0 Å². The zero-order valence-electron chi connectivity index (χ0n) is 19.1. The Morgan fingerprint density at radius 3 is 2.39 bits per heavy atom. The quantitative estimate of drug-likeness (QED) is 0.575. The van der Waals surface area contributed by atoms with E-state index in [0.29, 0.717) is 19.2 Å². The molecule has 1 aliphatic rings. The molecule has 0 spiro atoms. The molecule has 0 unspecified atom stereocenters. The summed E-state index contributed by atoms with van der Waals surface area (Å²) in [5.74, 6) is 1.75. The van der Waals surface area contributed by atoms with Gasteiger partial charge < -0.3 is 24.8 Å². The average Bonchev–Trinajstić information content (AvgIpc) is 2.81. The Morgan fingerprint density at radius 2 is 1.71 bits per heavy atom. The van der Waals surface area contributed by atoms with Crippen molar-refractivity contribution in [2.24, 2.45) is 0 Å². The van der Waals surface area contributed by atoms with Gasteiger partial charge in [0.1, 0.15) is 24.2 Å². The number of rotatable bonds is 11. The molecule has 0 aromatic heterocycles. The van der Waals surface area contributed by atoms with Crippen LogP contribution in [0.5, 0.6) is 11.5 Å². The monoisotopic (exact) mass is 427 g/mol. The summed E-state index contributed by atoms with van der Waals surface area (Å²) < 4.78 is 11.2. The number of methoxy groups -OCH3 is 1. The van der Waals surface area contributed by atoms with Crippen molar-refractivity contribution in [3.05, 3.63) is 54.1 Å². The first-order valence-electron chi connectivity index (χ1n) is 11.3. The second-order valence-electron chi connectivity index (χ2n) is 8.42. The smallest absolute Gasteiger partial charge is 0.142 e. The summed E-state index contributed by atoms with van der Waals surface area (Å²) in [5, 5.41) is 13.2. The van der Waals surface area contributed by atoms with E-state index < -0.39 is 6.10 Å². The summed E-state index contributed by atoms with van der Waals surface area (Å²) in [6.45, 7) is 10.2. The van der Waals surface area contributed by atoms with E-state index in [4.69, 9.17) is 9.47 Å². The van der Waals surface area contributed by atoms with Crippen molar-refractivity contribution in [1.29, 1.82) is 0 Å². The maximum absolute atomic E-state index is 9.96. The van der Waals surface area contributed by atoms with Crippen LogP contribution in [-0.2, 0) is 6.42 Å². The molecule has 1 aliphatic heterocycles. The zero-order chi connectivity index (χ0) is 22.1. The van der Waals surface area contributed by atoms with E-state index >= 15 is 0 Å². The van der Waals surface area contributed by atoms with Crippen molar-refractivity contribution in [2.75, 3.05) is 57.9 Å². The lowest BCUT2D eigenvalue weighted by molar-refractivity contribution is 0.104. The predicted molar refractivity (Wildman–Crippen MR) is 126 cm³/mol. The molecule has 1 saturated heterocycles. The van der Waals surface area contributed by atoms with Crippen LogP contribution in [0.1, 0.15) is 19.4 Å². The van der Waals surface area contributed by atoms with Gasteiger partial charge in [0.05, 0.1) is 12.8 Å². The summed E-state index contributed by atoms with van der Waals surface area (Å²) in [4.78, 5) is 4.93. The van der Waals surface area contributed by atoms with Gasteiger partial charge in [-0.05, 0) is 36.2 Å². The Kier molecular flexibility index (Phi) is 9.00. The van der Waals surface area contributed by atoms with Gasteiger partial charge in [0.15, 0.2) is 0 Å². The Hall–Kier alpha value is -2.28. The number of nitrogens with one attached hydrogen (secondary N) is 1. The molecule has 6 heteroatoms. The molecule has 2 N–H and O–H groups in total. The number of para-hydroxylation sites is 2. The van der Waals surface area contributed by atoms with Crippen LogP contribution in [0.15, 0.2) is 48.5 Å². The van der Waals surface area contributed by atoms with Crippen molar-refractivity contribution in [2.45, 2.75) is 32.4 Å². The van der Waals surface area contributed by atoms with Crippen molar-refractivity contribution >= 4 is 5.69 Å². The van der Waals surface area contributed by atoms with Crippen LogP contribution in [0.4, 0.5) is 5.69 Å². The van der Waals surface area contributed by atoms with E-state index in [2.05, 4.69) is 53.2 Å². The number of piperazine rings is 1. The summed E-state index contributed by atoms with van der Waals surface area (Å²) in [5.41, 5.74) is 2.49. The fraction of sp³-hybridized carbons (Fsp3) is 0.520. The highest BCUT2D eigenvalue weighted by atomic mass is 16.5. The highest BCUT2D eigenvalue weighted by Crippen LogP contribution is 2.28. The Morgan fingerprint density at radius 1 is 1.00 bits per heavy atom. The van der Waals surface area contributed by atoms with Crippen LogP contribution in [0, 0.1) is 0 Å². The van der Waals surface area contributed by atoms with Crippen LogP contribution >= 0.6 is 0 Å². The van der Waals surface area contributed by atoms with E-state index in [1.807, 2.05) is 24.3 Å². The number of ether oxygens (including phenoxy) is 2. The highest BCUT2D eigenvalue weighted by molar-refractivity contribution is 5.58. The Balaban J connectivity index is 1.38. The van der Waals surface area contributed by atoms with Gasteiger partial charge >= 0.3 is 0 Å². The standard InChI is InChI=1S/C25H37N3O3/c1-20(2)26-18-22(29)19-31-23-10-8-21(9-11-23)12-13-27-14-16-28(17-15-27)24-6-4-5-7-25(24)30-3/h4-11,20,22,26,29H,12-19H2,1-3H3/t22-/m0/s1. The van der Waals surface area contributed by atoms with Crippen LogP contribution in [0.25, 0.3) is 0 Å². The van der Waals surface area contributed by atoms with Gasteiger partial charge in [-0.2, -0.15) is 0 Å². The average molecular weight is 428 g/mol. The van der Waals surface area contributed by atoms with Gasteiger partial charge in [0.25, 0.3) is 0 Å². The van der Waals surface area contributed by atoms with Gasteiger partial charge in [-0.3, -0.25) is 4.90 Å². The van der Waals surface area contributed by atoms with Crippen LogP contribution in [0.2, 0.25) is 0 Å². The zero-order valence-corrected chi connectivity index (χ0v) is 19.1. The molecule has 1 fully saturated rings. The summed E-state index contributed by atoms with van der Waals surface area (Å²) >= 11 is 0. The van der Waals surface area contributed by atoms with E-state index in [0.717, 1.165) is 50.6 Å². The second kappa shape index (κ2) is 11.9. The molecule has 0 bridgehead atoms. The number of aliphatic hydroxyl groups excluding tert-OH is 1. The van der Waals surface area contributed by atoms with Gasteiger partial charge in [-0.15, -0.1) is 0 Å². The molecule has 1 heterocycles. The topological polar surface area (TPSA) is 57.2 Å². The van der Waals surface area contributed by atoms with E-state index in [9.17, 15) is 5.11 Å². The SMILES string of the molecule is COc1ccccc1N1CCN(CCc2ccc(OC[C@@H](O)CNC(C)C)cc2)CC1. The van der Waals surface area contributed by atoms with Crippen LogP contribution in [-0.4, -0.2) is 75.1 Å². The van der Waals surface area contributed by atoms with Crippen molar-refractivity contribution in [3.63, 3.8) is 0 Å². The second-order valence-corrected chi connectivity index (χ2v) is 8.42. The number of benzene rings is 2. The first-order valence-corrected chi connectivity index (χ1v) is 11.3. The minimum Gasteiger partial charge on any atom is -0.495 e. The Bertz CT molecular complexity index is 774. The molecule has 3 rings (SSSR count). The third-order valence-electron chi connectivity index (χ3n) is 5.64. The van der Waals surface area contributed by atoms with Crippen molar-refractivity contribution in [3.8, 4) is 11.5 Å². The molecule has 2 aromatic carbocycles. The maximum Gasteiger partial charge on any atom is 0.142 e. The molecule has 31 heavy (non-hydrogen) atoms. The van der Waals surface area contributed by atoms with Gasteiger partial charge in [-0.1, -0.05) is 38.1 Å². The fourth-order valence-electron chi connectivity index (χ4n) is 3.77. The summed E-state index contributed by atoms with van der Waals surface area (Å²) in [6, 6.07) is 16.9. The number of hydrogen-bond acceptors (Lipinski definition) is 6. The normalized spacial score (nSPS) is 15.8. The number of nitrogens with zero attached hydrogens (tertiary/aromatic N) is 2. The summed E-state index contributed by atoms with van der Waals surface area (Å²) in [6.07, 6.45) is 0.521. The third kappa shape index (κ3) is 7.42. The van der Waals surface area contributed by atoms with Gasteiger partial charge in [-0.25, -0.2) is 0 Å². The molecule has 1 atom stereocenters. The minimum absolute atomic E-state index is 0.301. The first kappa shape index (κ1) is 23.4. The highest BCUT2D eigenvalue weighted by Gasteiger charge is 2.19. The minimum atomic E-state index is -0.503. The van der Waals surface area contributed by atoms with Gasteiger partial charge in [0, 0.05) is 45.3 Å². The molecule has 170 valence electrons. The molecule has 0 aliphatic carbocycles. The third-order valence-corrected chi connectivity index (χ3v) is 5.64.